The summed E-state index contributed by atoms with van der Waals surface area (Å²) in [6.07, 6.45) is 0. The number of halogens is 3. The van der Waals surface area contributed by atoms with Crippen molar-refractivity contribution in [1.82, 2.24) is 0 Å². The molecule has 1 aromatic heterocycles. The van der Waals surface area contributed by atoms with Gasteiger partial charge in [-0.15, -0.1) is 0 Å². The van der Waals surface area contributed by atoms with E-state index in [0.29, 0.717) is 20.7 Å². The first-order chi connectivity index (χ1) is 12.6. The van der Waals surface area contributed by atoms with Crippen LogP contribution < -0.4 is 0 Å². The van der Waals surface area contributed by atoms with Gasteiger partial charge in [-0.25, -0.2) is 0 Å². The van der Waals surface area contributed by atoms with Crippen molar-refractivity contribution >= 4 is 67.5 Å². The average Bonchev–Trinajstić information content (AvgIpc) is 3.14. The van der Waals surface area contributed by atoms with Crippen molar-refractivity contribution < 1.29 is 4.42 Å². The van der Waals surface area contributed by atoms with Gasteiger partial charge in [-0.2, -0.15) is 0 Å². The molecule has 6 rings (SSSR count). The van der Waals surface area contributed by atoms with Crippen LogP contribution in [0.1, 0.15) is 0 Å². The molecule has 1 aliphatic rings. The zero-order chi connectivity index (χ0) is 17.6. The zero-order valence-corrected chi connectivity index (χ0v) is 15.5. The van der Waals surface area contributed by atoms with E-state index in [9.17, 15) is 0 Å². The summed E-state index contributed by atoms with van der Waals surface area (Å²) in [6, 6.07) is 18.3. The molecular formula is C22H9Cl3O. The Bertz CT molecular complexity index is 1410. The lowest BCUT2D eigenvalue weighted by atomic mass is 10.0. The van der Waals surface area contributed by atoms with Gasteiger partial charge in [0.1, 0.15) is 5.58 Å². The normalized spacial score (nSPS) is 12.4. The van der Waals surface area contributed by atoms with Crippen molar-refractivity contribution in [2.45, 2.75) is 0 Å². The number of hydrogen-bond donors (Lipinski definition) is 0. The van der Waals surface area contributed by atoms with E-state index in [1.54, 1.807) is 6.07 Å². The molecule has 0 aliphatic heterocycles. The van der Waals surface area contributed by atoms with Crippen LogP contribution in [-0.4, -0.2) is 0 Å². The largest absolute Gasteiger partial charge is 0.454 e. The Morgan fingerprint density at radius 1 is 0.731 bits per heavy atom. The highest BCUT2D eigenvalue weighted by atomic mass is 35.5. The van der Waals surface area contributed by atoms with E-state index in [2.05, 4.69) is 42.5 Å². The molecule has 0 saturated heterocycles. The second-order valence-corrected chi connectivity index (χ2v) is 7.78. The topological polar surface area (TPSA) is 13.1 Å². The van der Waals surface area contributed by atoms with Gasteiger partial charge in [-0.3, -0.25) is 0 Å². The van der Waals surface area contributed by atoms with E-state index < -0.39 is 0 Å². The first-order valence-electron chi connectivity index (χ1n) is 8.20. The predicted octanol–water partition coefficient (Wildman–Crippen LogP) is 8.35. The molecule has 124 valence electrons. The number of fused-ring (bicyclic) bond motifs is 6. The maximum atomic E-state index is 6.94. The lowest BCUT2D eigenvalue weighted by molar-refractivity contribution is 0.669. The Hall–Kier alpha value is -2.19. The maximum Gasteiger partial charge on any atom is 0.154 e. The molecule has 0 amide bonds. The second kappa shape index (κ2) is 4.95. The van der Waals surface area contributed by atoms with Gasteiger partial charge in [0, 0.05) is 21.4 Å². The molecule has 5 aromatic rings. The number of furan rings is 1. The van der Waals surface area contributed by atoms with E-state index in [1.165, 1.54) is 16.3 Å². The summed E-state index contributed by atoms with van der Waals surface area (Å²) in [5.41, 5.74) is 5.81. The summed E-state index contributed by atoms with van der Waals surface area (Å²) >= 11 is 19.5. The Labute approximate surface area is 163 Å². The van der Waals surface area contributed by atoms with Crippen LogP contribution in [0.5, 0.6) is 0 Å². The molecule has 0 unspecified atom stereocenters. The summed E-state index contributed by atoms with van der Waals surface area (Å²) in [5, 5.41) is 5.87. The van der Waals surface area contributed by atoms with Gasteiger partial charge in [0.05, 0.1) is 10.0 Å². The SMILES string of the molecule is Clc1cc(Cl)c2oc3cc4c(c(Cl)c3c2c1)-c1cccc2cccc-4c12. The summed E-state index contributed by atoms with van der Waals surface area (Å²) in [7, 11) is 0. The molecule has 0 saturated carbocycles. The van der Waals surface area contributed by atoms with Crippen LogP contribution >= 0.6 is 34.8 Å². The summed E-state index contributed by atoms with van der Waals surface area (Å²) < 4.78 is 6.06. The molecule has 0 fully saturated rings. The second-order valence-electron chi connectivity index (χ2n) is 6.56. The smallest absolute Gasteiger partial charge is 0.154 e. The molecule has 0 spiro atoms. The van der Waals surface area contributed by atoms with Crippen molar-refractivity contribution in [2.24, 2.45) is 0 Å². The maximum absolute atomic E-state index is 6.94. The number of benzene rings is 4. The first-order valence-corrected chi connectivity index (χ1v) is 9.33. The van der Waals surface area contributed by atoms with Gasteiger partial charge in [0.2, 0.25) is 0 Å². The fourth-order valence-corrected chi connectivity index (χ4v) is 5.10. The number of rotatable bonds is 0. The van der Waals surface area contributed by atoms with Gasteiger partial charge >= 0.3 is 0 Å². The fraction of sp³-hybridized carbons (Fsp3) is 0. The van der Waals surface area contributed by atoms with Gasteiger partial charge in [0.15, 0.2) is 5.58 Å². The van der Waals surface area contributed by atoms with Gasteiger partial charge < -0.3 is 4.42 Å². The molecule has 1 aliphatic carbocycles. The molecule has 0 atom stereocenters. The molecule has 0 N–H and O–H groups in total. The van der Waals surface area contributed by atoms with Crippen LogP contribution in [0.2, 0.25) is 15.1 Å². The van der Waals surface area contributed by atoms with E-state index in [4.69, 9.17) is 39.2 Å². The van der Waals surface area contributed by atoms with E-state index in [1.807, 2.05) is 6.07 Å². The Morgan fingerprint density at radius 2 is 1.50 bits per heavy atom. The highest BCUT2D eigenvalue weighted by Crippen LogP contribution is 2.53. The molecule has 26 heavy (non-hydrogen) atoms. The van der Waals surface area contributed by atoms with Crippen LogP contribution in [0.3, 0.4) is 0 Å². The minimum Gasteiger partial charge on any atom is -0.454 e. The Kier molecular flexibility index (Phi) is 2.84. The van der Waals surface area contributed by atoms with Crippen LogP contribution in [0, 0.1) is 0 Å². The minimum atomic E-state index is 0.488. The molecule has 0 bridgehead atoms. The molecular weight excluding hydrogens is 387 g/mol. The Balaban J connectivity index is 1.85. The number of hydrogen-bond acceptors (Lipinski definition) is 1. The van der Waals surface area contributed by atoms with Crippen LogP contribution in [-0.2, 0) is 0 Å². The Morgan fingerprint density at radius 3 is 2.31 bits per heavy atom. The third-order valence-corrected chi connectivity index (χ3v) is 6.06. The van der Waals surface area contributed by atoms with E-state index in [0.717, 1.165) is 33.0 Å². The van der Waals surface area contributed by atoms with Crippen LogP contribution in [0.25, 0.3) is 55.0 Å². The summed E-state index contributed by atoms with van der Waals surface area (Å²) in [5.74, 6) is 0. The highest BCUT2D eigenvalue weighted by molar-refractivity contribution is 6.44. The minimum absolute atomic E-state index is 0.488. The third-order valence-electron chi connectivity index (χ3n) is 5.18. The summed E-state index contributed by atoms with van der Waals surface area (Å²) in [6.45, 7) is 0. The van der Waals surface area contributed by atoms with Crippen LogP contribution in [0.15, 0.2) is 59.0 Å². The molecule has 4 heteroatoms. The summed E-state index contributed by atoms with van der Waals surface area (Å²) in [4.78, 5) is 0. The fourth-order valence-electron chi connectivity index (χ4n) is 4.17. The van der Waals surface area contributed by atoms with E-state index >= 15 is 0 Å². The van der Waals surface area contributed by atoms with Crippen molar-refractivity contribution in [3.05, 3.63) is 69.7 Å². The van der Waals surface area contributed by atoms with Gasteiger partial charge in [-0.05, 0) is 45.7 Å². The average molecular weight is 396 g/mol. The highest BCUT2D eigenvalue weighted by Gasteiger charge is 2.27. The van der Waals surface area contributed by atoms with Crippen molar-refractivity contribution in [3.63, 3.8) is 0 Å². The molecule has 4 aromatic carbocycles. The quantitative estimate of drug-likeness (QED) is 0.252. The van der Waals surface area contributed by atoms with Gasteiger partial charge in [0.25, 0.3) is 0 Å². The first kappa shape index (κ1) is 14.9. The standard InChI is InChI=1S/C22H9Cl3O/c23-11-7-15-20-17(26-22(15)16(24)8-11)9-14-12-5-1-3-10-4-2-6-13(18(10)12)19(14)21(20)25/h1-9H. The lowest BCUT2D eigenvalue weighted by Gasteiger charge is -2.06. The zero-order valence-electron chi connectivity index (χ0n) is 13.2. The third kappa shape index (κ3) is 1.73. The lowest BCUT2D eigenvalue weighted by Crippen LogP contribution is -1.80. The molecule has 0 radical (unpaired) electrons. The van der Waals surface area contributed by atoms with Crippen molar-refractivity contribution in [1.29, 1.82) is 0 Å². The monoisotopic (exact) mass is 394 g/mol. The van der Waals surface area contributed by atoms with Crippen LogP contribution in [0.4, 0.5) is 0 Å². The van der Waals surface area contributed by atoms with E-state index in [-0.39, 0.29) is 0 Å². The predicted molar refractivity (Wildman–Crippen MR) is 111 cm³/mol. The van der Waals surface area contributed by atoms with Crippen molar-refractivity contribution in [2.75, 3.05) is 0 Å². The molecule has 1 nitrogen and oxygen atoms in total. The van der Waals surface area contributed by atoms with Crippen molar-refractivity contribution in [3.8, 4) is 22.3 Å². The molecule has 1 heterocycles. The van der Waals surface area contributed by atoms with Gasteiger partial charge in [-0.1, -0.05) is 71.2 Å².